The molecule has 23 heavy (non-hydrogen) atoms. The summed E-state index contributed by atoms with van der Waals surface area (Å²) in [6, 6.07) is 9.00. The molecule has 1 aromatic carbocycles. The van der Waals surface area contributed by atoms with Crippen LogP contribution in [0.15, 0.2) is 42.8 Å². The highest BCUT2D eigenvalue weighted by Crippen LogP contribution is 2.18. The number of nitrogens with zero attached hydrogens (tertiary/aromatic N) is 1. The quantitative estimate of drug-likeness (QED) is 0.368. The first-order valence-electron chi connectivity index (χ1n) is 7.10. The van der Waals surface area contributed by atoms with E-state index in [0.29, 0.717) is 11.3 Å². The molecule has 2 aromatic rings. The molecule has 1 heterocycles. The van der Waals surface area contributed by atoms with E-state index in [9.17, 15) is 9.59 Å². The van der Waals surface area contributed by atoms with Crippen molar-refractivity contribution in [2.45, 2.75) is 13.8 Å². The zero-order chi connectivity index (χ0) is 17.0. The molecule has 0 radical (unpaired) electrons. The average molecular weight is 313 g/mol. The first-order chi connectivity index (χ1) is 11.0. The summed E-state index contributed by atoms with van der Waals surface area (Å²) in [5, 5.41) is 0. The molecule has 0 bridgehead atoms. The van der Waals surface area contributed by atoms with Crippen molar-refractivity contribution in [1.82, 2.24) is 4.57 Å². The molecule has 5 heteroatoms. The summed E-state index contributed by atoms with van der Waals surface area (Å²) in [5.41, 5.74) is 3.08. The molecule has 120 valence electrons. The number of methoxy groups -OCH3 is 2. The highest BCUT2D eigenvalue weighted by atomic mass is 16.5. The van der Waals surface area contributed by atoms with Gasteiger partial charge in [0.05, 0.1) is 19.9 Å². The summed E-state index contributed by atoms with van der Waals surface area (Å²) >= 11 is 0. The molecular formula is C18H19NO4. The van der Waals surface area contributed by atoms with Crippen molar-refractivity contribution in [1.29, 1.82) is 0 Å². The van der Waals surface area contributed by atoms with E-state index < -0.39 is 5.97 Å². The standard InChI is InChI=1S/C18H19NO4/c1-12-8-13(2)10-14(9-12)17(20)15-6-5-7-19(15)16(11-22-3)18(21)23-4/h5-11H,1-4H3. The van der Waals surface area contributed by atoms with Crippen LogP contribution in [0.4, 0.5) is 0 Å². The van der Waals surface area contributed by atoms with E-state index in [-0.39, 0.29) is 11.5 Å². The topological polar surface area (TPSA) is 57.5 Å². The van der Waals surface area contributed by atoms with E-state index >= 15 is 0 Å². The number of carbonyl (C=O) groups is 2. The maximum atomic E-state index is 12.8. The van der Waals surface area contributed by atoms with E-state index in [1.54, 1.807) is 18.3 Å². The number of carbonyl (C=O) groups excluding carboxylic acids is 2. The normalized spacial score (nSPS) is 11.2. The van der Waals surface area contributed by atoms with Gasteiger partial charge >= 0.3 is 5.97 Å². The second-order valence-corrected chi connectivity index (χ2v) is 5.20. The molecule has 0 fully saturated rings. The third-order valence-electron chi connectivity index (χ3n) is 3.35. The van der Waals surface area contributed by atoms with Crippen molar-refractivity contribution >= 4 is 17.4 Å². The molecule has 0 atom stereocenters. The minimum absolute atomic E-state index is 0.132. The van der Waals surface area contributed by atoms with Crippen molar-refractivity contribution in [2.24, 2.45) is 0 Å². The summed E-state index contributed by atoms with van der Waals surface area (Å²) in [6.07, 6.45) is 2.88. The molecule has 0 spiro atoms. The number of rotatable bonds is 5. The Bertz CT molecular complexity index is 751. The van der Waals surface area contributed by atoms with Gasteiger partial charge in [-0.2, -0.15) is 0 Å². The summed E-state index contributed by atoms with van der Waals surface area (Å²) in [5.74, 6) is -0.759. The van der Waals surface area contributed by atoms with Gasteiger partial charge in [-0.25, -0.2) is 4.79 Å². The Hall–Kier alpha value is -2.82. The van der Waals surface area contributed by atoms with Crippen LogP contribution < -0.4 is 0 Å². The number of hydrogen-bond acceptors (Lipinski definition) is 4. The second-order valence-electron chi connectivity index (χ2n) is 5.20. The van der Waals surface area contributed by atoms with Crippen molar-refractivity contribution < 1.29 is 19.1 Å². The van der Waals surface area contributed by atoms with E-state index in [0.717, 1.165) is 11.1 Å². The van der Waals surface area contributed by atoms with Gasteiger partial charge in [0.15, 0.2) is 5.70 Å². The third kappa shape index (κ3) is 3.51. The second kappa shape index (κ2) is 6.96. The molecule has 1 aromatic heterocycles. The Kier molecular flexibility index (Phi) is 5.01. The summed E-state index contributed by atoms with van der Waals surface area (Å²) in [7, 11) is 2.71. The molecular weight excluding hydrogens is 294 g/mol. The average Bonchev–Trinajstić information content (AvgIpc) is 2.99. The monoisotopic (exact) mass is 313 g/mol. The molecule has 0 unspecified atom stereocenters. The van der Waals surface area contributed by atoms with Crippen LogP contribution in [0.1, 0.15) is 27.2 Å². The molecule has 0 saturated carbocycles. The largest absolute Gasteiger partial charge is 0.502 e. The minimum Gasteiger partial charge on any atom is -0.502 e. The first-order valence-corrected chi connectivity index (χ1v) is 7.10. The number of aryl methyl sites for hydroxylation is 2. The number of hydrogen-bond donors (Lipinski definition) is 0. The van der Waals surface area contributed by atoms with Gasteiger partial charge in [0.25, 0.3) is 0 Å². The smallest absolute Gasteiger partial charge is 0.358 e. The lowest BCUT2D eigenvalue weighted by atomic mass is 10.0. The van der Waals surface area contributed by atoms with Gasteiger partial charge < -0.3 is 14.0 Å². The molecule has 0 amide bonds. The molecule has 0 aliphatic rings. The lowest BCUT2D eigenvalue weighted by Gasteiger charge is -2.11. The maximum absolute atomic E-state index is 12.8. The van der Waals surface area contributed by atoms with Crippen molar-refractivity contribution in [3.05, 3.63) is 65.2 Å². The number of aromatic nitrogens is 1. The lowest BCUT2D eigenvalue weighted by Crippen LogP contribution is -2.16. The number of ether oxygens (including phenoxy) is 2. The van der Waals surface area contributed by atoms with Crippen molar-refractivity contribution in [3.63, 3.8) is 0 Å². The summed E-state index contributed by atoms with van der Waals surface area (Å²) < 4.78 is 11.2. The SMILES string of the molecule is COC=C(C(=O)OC)n1cccc1C(=O)c1cc(C)cc(C)c1. The molecule has 0 N–H and O–H groups in total. The van der Waals surface area contributed by atoms with Crippen LogP contribution >= 0.6 is 0 Å². The highest BCUT2D eigenvalue weighted by molar-refractivity contribution is 6.14. The van der Waals surface area contributed by atoms with Gasteiger partial charge in [0.1, 0.15) is 6.26 Å². The zero-order valence-electron chi connectivity index (χ0n) is 13.6. The van der Waals surface area contributed by atoms with Crippen LogP contribution in [-0.4, -0.2) is 30.5 Å². The van der Waals surface area contributed by atoms with E-state index in [4.69, 9.17) is 9.47 Å². The molecule has 5 nitrogen and oxygen atoms in total. The molecule has 2 rings (SSSR count). The summed E-state index contributed by atoms with van der Waals surface area (Å²) in [4.78, 5) is 24.7. The predicted octanol–water partition coefficient (Wildman–Crippen LogP) is 2.95. The fourth-order valence-electron chi connectivity index (χ4n) is 2.45. The van der Waals surface area contributed by atoms with Crippen molar-refractivity contribution in [2.75, 3.05) is 14.2 Å². The predicted molar refractivity (Wildman–Crippen MR) is 87.1 cm³/mol. The zero-order valence-corrected chi connectivity index (χ0v) is 13.6. The molecule has 0 aliphatic heterocycles. The van der Waals surface area contributed by atoms with Gasteiger partial charge in [-0.3, -0.25) is 4.79 Å². The van der Waals surface area contributed by atoms with E-state index in [1.807, 2.05) is 32.0 Å². The fraction of sp³-hybridized carbons (Fsp3) is 0.222. The van der Waals surface area contributed by atoms with Gasteiger partial charge in [0.2, 0.25) is 5.78 Å². The first kappa shape index (κ1) is 16.5. The lowest BCUT2D eigenvalue weighted by molar-refractivity contribution is -0.134. The van der Waals surface area contributed by atoms with Gasteiger partial charge in [-0.05, 0) is 38.1 Å². The fourth-order valence-corrected chi connectivity index (χ4v) is 2.45. The number of ketones is 1. The summed E-state index contributed by atoms with van der Waals surface area (Å²) in [6.45, 7) is 3.88. The Morgan fingerprint density at radius 1 is 1.09 bits per heavy atom. The maximum Gasteiger partial charge on any atom is 0.358 e. The van der Waals surface area contributed by atoms with Gasteiger partial charge in [-0.15, -0.1) is 0 Å². The Labute approximate surface area is 135 Å². The van der Waals surface area contributed by atoms with E-state index in [1.165, 1.54) is 25.0 Å². The highest BCUT2D eigenvalue weighted by Gasteiger charge is 2.20. The minimum atomic E-state index is -0.586. The Balaban J connectivity index is 2.50. The van der Waals surface area contributed by atoms with Crippen LogP contribution in [0.25, 0.3) is 5.70 Å². The van der Waals surface area contributed by atoms with Crippen LogP contribution in [0, 0.1) is 13.8 Å². The van der Waals surface area contributed by atoms with Gasteiger partial charge in [-0.1, -0.05) is 17.2 Å². The third-order valence-corrected chi connectivity index (χ3v) is 3.35. The van der Waals surface area contributed by atoms with Crippen LogP contribution in [0.3, 0.4) is 0 Å². The Morgan fingerprint density at radius 3 is 2.30 bits per heavy atom. The molecule has 0 aliphatic carbocycles. The van der Waals surface area contributed by atoms with Gasteiger partial charge in [0, 0.05) is 11.8 Å². The van der Waals surface area contributed by atoms with Crippen LogP contribution in [0.2, 0.25) is 0 Å². The molecule has 0 saturated heterocycles. The van der Waals surface area contributed by atoms with Crippen LogP contribution in [-0.2, 0) is 14.3 Å². The number of esters is 1. The Morgan fingerprint density at radius 2 is 1.74 bits per heavy atom. The van der Waals surface area contributed by atoms with E-state index in [2.05, 4.69) is 0 Å². The number of benzene rings is 1. The van der Waals surface area contributed by atoms with Crippen LogP contribution in [0.5, 0.6) is 0 Å². The van der Waals surface area contributed by atoms with Crippen molar-refractivity contribution in [3.8, 4) is 0 Å².